The number of imide groups is 1. The zero-order valence-corrected chi connectivity index (χ0v) is 19.9. The molecule has 3 heterocycles. The Kier molecular flexibility index (Phi) is 6.88. The minimum atomic E-state index is -4.44. The lowest BCUT2D eigenvalue weighted by molar-refractivity contribution is -0.118. The number of urea groups is 1. The van der Waals surface area contributed by atoms with Gasteiger partial charge < -0.3 is 10.6 Å². The van der Waals surface area contributed by atoms with Crippen molar-refractivity contribution in [2.75, 3.05) is 22.1 Å². The average molecular weight is 558 g/mol. The first-order valence-electron chi connectivity index (χ1n) is 10.2. The zero-order chi connectivity index (χ0) is 27.0. The highest BCUT2D eigenvalue weighted by molar-refractivity contribution is 7.92. The maximum absolute atomic E-state index is 13.1. The number of thiophene rings is 1. The minimum absolute atomic E-state index is 0.0199. The van der Waals surface area contributed by atoms with E-state index in [4.69, 9.17) is 0 Å². The third-order valence-electron chi connectivity index (χ3n) is 4.90. The van der Waals surface area contributed by atoms with Gasteiger partial charge in [-0.05, 0) is 48.0 Å². The minimum Gasteiger partial charge on any atom is -0.376 e. The van der Waals surface area contributed by atoms with Crippen LogP contribution in [-0.4, -0.2) is 44.0 Å². The molecule has 0 saturated carbocycles. The van der Waals surface area contributed by atoms with E-state index in [1.165, 1.54) is 30.3 Å². The second kappa shape index (κ2) is 9.78. The maximum Gasteiger partial charge on any atom is 0.405 e. The van der Waals surface area contributed by atoms with Crippen LogP contribution in [0.25, 0.3) is 0 Å². The van der Waals surface area contributed by atoms with Crippen LogP contribution in [0.15, 0.2) is 52.9 Å². The summed E-state index contributed by atoms with van der Waals surface area (Å²) >= 11 is 0.333. The number of benzene rings is 1. The van der Waals surface area contributed by atoms with Gasteiger partial charge >= 0.3 is 12.2 Å². The number of halogens is 4. The molecule has 0 spiro atoms. The molecule has 0 bridgehead atoms. The predicted molar refractivity (Wildman–Crippen MR) is 124 cm³/mol. The molecule has 0 atom stereocenters. The van der Waals surface area contributed by atoms with Crippen LogP contribution in [0.1, 0.15) is 15.9 Å². The molecule has 194 valence electrons. The van der Waals surface area contributed by atoms with Gasteiger partial charge in [0.15, 0.2) is 5.13 Å². The highest BCUT2D eigenvalue weighted by Gasteiger charge is 2.33. The number of aromatic nitrogens is 1. The molecule has 0 aliphatic carbocycles. The first kappa shape index (κ1) is 26.0. The predicted octanol–water partition coefficient (Wildman–Crippen LogP) is 3.50. The Labute approximate surface area is 210 Å². The molecule has 10 nitrogen and oxygen atoms in total. The number of sulfonamides is 1. The van der Waals surface area contributed by atoms with Crippen LogP contribution < -0.4 is 20.3 Å². The quantitative estimate of drug-likeness (QED) is 0.312. The summed E-state index contributed by atoms with van der Waals surface area (Å²) in [6, 6.07) is 7.16. The molecule has 37 heavy (non-hydrogen) atoms. The van der Waals surface area contributed by atoms with E-state index in [0.717, 1.165) is 23.2 Å². The van der Waals surface area contributed by atoms with Gasteiger partial charge in [0.05, 0.1) is 18.3 Å². The number of nitrogens with one attached hydrogen (secondary N) is 3. The van der Waals surface area contributed by atoms with Gasteiger partial charge in [-0.25, -0.2) is 27.8 Å². The van der Waals surface area contributed by atoms with Gasteiger partial charge in [0.1, 0.15) is 16.6 Å². The van der Waals surface area contributed by atoms with Crippen molar-refractivity contribution in [1.82, 2.24) is 9.71 Å². The van der Waals surface area contributed by atoms with Crippen molar-refractivity contribution in [2.45, 2.75) is 16.8 Å². The van der Waals surface area contributed by atoms with E-state index in [0.29, 0.717) is 11.3 Å². The standard InChI is InChI=1S/C21H15F4N5O5S2/c22-15-4-6-18(36-15)37(34,35)29-20(33)28-13-2-5-16(26-9-13)30-17(31)8-11-7-12(27-10-21(23,24)25)1-3-14(11)19(30)32/h1-7,9,27H,8,10H2,(H2,28,29,33). The number of amides is 4. The first-order valence-corrected chi connectivity index (χ1v) is 12.5. The molecule has 0 radical (unpaired) electrons. The molecular formula is C21H15F4N5O5S2. The van der Waals surface area contributed by atoms with E-state index in [-0.39, 0.29) is 34.7 Å². The highest BCUT2D eigenvalue weighted by Crippen LogP contribution is 2.28. The van der Waals surface area contributed by atoms with Crippen LogP contribution in [-0.2, 0) is 21.2 Å². The number of hydrogen-bond donors (Lipinski definition) is 3. The maximum atomic E-state index is 13.1. The molecule has 3 aromatic rings. The second-order valence-corrected chi connectivity index (χ2v) is 10.5. The molecular weight excluding hydrogens is 542 g/mol. The number of carbonyl (C=O) groups excluding carboxylic acids is 3. The highest BCUT2D eigenvalue weighted by atomic mass is 32.2. The third-order valence-corrected chi connectivity index (χ3v) is 7.59. The van der Waals surface area contributed by atoms with Crippen LogP contribution in [0.4, 0.5) is 39.5 Å². The summed E-state index contributed by atoms with van der Waals surface area (Å²) < 4.78 is 75.9. The molecule has 0 fully saturated rings. The molecule has 4 amide bonds. The summed E-state index contributed by atoms with van der Waals surface area (Å²) in [5.41, 5.74) is 0.477. The summed E-state index contributed by atoms with van der Waals surface area (Å²) in [6.07, 6.45) is -3.64. The van der Waals surface area contributed by atoms with E-state index >= 15 is 0 Å². The molecule has 3 N–H and O–H groups in total. The van der Waals surface area contributed by atoms with Gasteiger partial charge in [-0.3, -0.25) is 9.59 Å². The normalized spacial score (nSPS) is 13.8. The second-order valence-electron chi connectivity index (χ2n) is 7.57. The van der Waals surface area contributed by atoms with Crippen LogP contribution in [0.5, 0.6) is 0 Å². The van der Waals surface area contributed by atoms with E-state index in [9.17, 15) is 40.4 Å². The molecule has 1 aromatic carbocycles. The van der Waals surface area contributed by atoms with Crippen molar-refractivity contribution in [1.29, 1.82) is 0 Å². The van der Waals surface area contributed by atoms with Gasteiger partial charge in [-0.15, -0.1) is 0 Å². The average Bonchev–Trinajstić information content (AvgIpc) is 3.25. The smallest absolute Gasteiger partial charge is 0.376 e. The SMILES string of the molecule is O=C(Nc1ccc(N2C(=O)Cc3cc(NCC(F)(F)F)ccc3C2=O)nc1)NS(=O)(=O)c1ccc(F)s1. The number of nitrogens with zero attached hydrogens (tertiary/aromatic N) is 2. The van der Waals surface area contributed by atoms with Crippen LogP contribution in [0, 0.1) is 5.13 Å². The van der Waals surface area contributed by atoms with Crippen molar-refractivity contribution in [2.24, 2.45) is 0 Å². The zero-order valence-electron chi connectivity index (χ0n) is 18.3. The Morgan fingerprint density at radius 2 is 1.81 bits per heavy atom. The number of anilines is 3. The number of carbonyl (C=O) groups is 3. The van der Waals surface area contributed by atoms with Gasteiger partial charge in [0, 0.05) is 11.3 Å². The summed E-state index contributed by atoms with van der Waals surface area (Å²) in [5.74, 6) is -1.51. The third kappa shape index (κ3) is 6.03. The number of pyridine rings is 1. The lowest BCUT2D eigenvalue weighted by atomic mass is 9.97. The fourth-order valence-electron chi connectivity index (χ4n) is 3.33. The lowest BCUT2D eigenvalue weighted by Gasteiger charge is -2.26. The van der Waals surface area contributed by atoms with Crippen molar-refractivity contribution in [3.05, 3.63) is 64.9 Å². The Morgan fingerprint density at radius 3 is 2.43 bits per heavy atom. The number of alkyl halides is 3. The number of hydrogen-bond acceptors (Lipinski definition) is 8. The van der Waals surface area contributed by atoms with E-state index in [2.05, 4.69) is 15.6 Å². The Hall–Kier alpha value is -4.05. The lowest BCUT2D eigenvalue weighted by Crippen LogP contribution is -2.43. The van der Waals surface area contributed by atoms with Crippen LogP contribution >= 0.6 is 11.3 Å². The fourth-order valence-corrected chi connectivity index (χ4v) is 5.24. The molecule has 0 unspecified atom stereocenters. The van der Waals surface area contributed by atoms with Gasteiger partial charge in [0.25, 0.3) is 15.9 Å². The molecule has 4 rings (SSSR count). The van der Waals surface area contributed by atoms with E-state index < -0.39 is 49.9 Å². The van der Waals surface area contributed by atoms with Gasteiger partial charge in [-0.1, -0.05) is 11.3 Å². The number of rotatable bonds is 6. The van der Waals surface area contributed by atoms with Crippen molar-refractivity contribution >= 4 is 56.4 Å². The van der Waals surface area contributed by atoms with Gasteiger partial charge in [0.2, 0.25) is 5.91 Å². The van der Waals surface area contributed by atoms with Crippen LogP contribution in [0.2, 0.25) is 0 Å². The van der Waals surface area contributed by atoms with E-state index in [1.807, 2.05) is 0 Å². The van der Waals surface area contributed by atoms with Crippen molar-refractivity contribution < 1.29 is 40.4 Å². The molecule has 0 saturated heterocycles. The van der Waals surface area contributed by atoms with Crippen LogP contribution in [0.3, 0.4) is 0 Å². The monoisotopic (exact) mass is 557 g/mol. The fraction of sp³-hybridized carbons (Fsp3) is 0.143. The summed E-state index contributed by atoms with van der Waals surface area (Å²) in [4.78, 5) is 42.4. The molecule has 16 heteroatoms. The Bertz CT molecular complexity index is 1490. The Balaban J connectivity index is 1.44. The summed E-state index contributed by atoms with van der Waals surface area (Å²) in [5, 5.41) is 3.66. The van der Waals surface area contributed by atoms with Crippen molar-refractivity contribution in [3.8, 4) is 0 Å². The Morgan fingerprint density at radius 1 is 1.08 bits per heavy atom. The largest absolute Gasteiger partial charge is 0.405 e. The van der Waals surface area contributed by atoms with Gasteiger partial charge in [-0.2, -0.15) is 17.6 Å². The number of fused-ring (bicyclic) bond motifs is 1. The van der Waals surface area contributed by atoms with E-state index in [1.54, 1.807) is 4.72 Å². The summed E-state index contributed by atoms with van der Waals surface area (Å²) in [7, 11) is -4.30. The molecule has 1 aliphatic heterocycles. The summed E-state index contributed by atoms with van der Waals surface area (Å²) in [6.45, 7) is -1.28. The topological polar surface area (TPSA) is 138 Å². The molecule has 1 aliphatic rings. The van der Waals surface area contributed by atoms with Crippen molar-refractivity contribution in [3.63, 3.8) is 0 Å². The molecule has 2 aromatic heterocycles. The first-order chi connectivity index (χ1) is 17.3.